The third-order valence-electron chi connectivity index (χ3n) is 2.78. The van der Waals surface area contributed by atoms with Crippen molar-refractivity contribution in [2.45, 2.75) is 0 Å². The first kappa shape index (κ1) is 14.5. The van der Waals surface area contributed by atoms with E-state index in [9.17, 15) is 15.4 Å². The van der Waals surface area contributed by atoms with E-state index in [0.717, 1.165) is 0 Å². The number of aromatic nitrogens is 1. The van der Waals surface area contributed by atoms with Gasteiger partial charge in [0.25, 0.3) is 5.69 Å². The van der Waals surface area contributed by atoms with Crippen molar-refractivity contribution >= 4 is 28.6 Å². The summed E-state index contributed by atoms with van der Waals surface area (Å²) in [5.41, 5.74) is 6.46. The van der Waals surface area contributed by atoms with Crippen LogP contribution in [0.2, 0.25) is 5.02 Å². The van der Waals surface area contributed by atoms with Gasteiger partial charge in [-0.2, -0.15) is 5.26 Å². The number of rotatable bonds is 3. The highest BCUT2D eigenvalue weighted by molar-refractivity contribution is 6.30. The van der Waals surface area contributed by atoms with E-state index >= 15 is 0 Å². The molecule has 0 bridgehead atoms. The lowest BCUT2D eigenvalue weighted by atomic mass is 10.0. The van der Waals surface area contributed by atoms with E-state index in [0.29, 0.717) is 5.56 Å². The van der Waals surface area contributed by atoms with Gasteiger partial charge in [-0.25, -0.2) is 0 Å². The molecule has 0 aliphatic rings. The van der Waals surface area contributed by atoms with Crippen molar-refractivity contribution in [2.75, 3.05) is 0 Å². The van der Waals surface area contributed by atoms with Crippen molar-refractivity contribution < 1.29 is 4.92 Å². The van der Waals surface area contributed by atoms with Crippen LogP contribution in [0, 0.1) is 21.4 Å². The second-order valence-electron chi connectivity index (χ2n) is 4.06. The van der Waals surface area contributed by atoms with Gasteiger partial charge in [0.2, 0.25) is 0 Å². The first-order valence-corrected chi connectivity index (χ1v) is 6.17. The summed E-state index contributed by atoms with van der Waals surface area (Å²) in [7, 11) is 0. The maximum atomic E-state index is 11.1. The van der Waals surface area contributed by atoms with E-state index < -0.39 is 4.92 Å². The summed E-state index contributed by atoms with van der Waals surface area (Å²) >= 11 is 5.76. The zero-order valence-corrected chi connectivity index (χ0v) is 11.4. The molecule has 104 valence electrons. The molecule has 0 saturated carbocycles. The minimum atomic E-state index is -0.591. The van der Waals surface area contributed by atoms with Crippen molar-refractivity contribution in [3.63, 3.8) is 0 Å². The molecule has 6 nitrogen and oxygen atoms in total. The third-order valence-corrected chi connectivity index (χ3v) is 3.01. The second kappa shape index (κ2) is 6.03. The SMILES string of the molecule is N#C/C(=C(/N)c1ccc(Cl)cc1[N+](=O)[O-])c1cccnc1. The largest absolute Gasteiger partial charge is 0.397 e. The first-order valence-electron chi connectivity index (χ1n) is 5.79. The number of nitrogens with two attached hydrogens (primary N) is 1. The van der Waals surface area contributed by atoms with Crippen LogP contribution >= 0.6 is 11.6 Å². The van der Waals surface area contributed by atoms with Gasteiger partial charge in [-0.15, -0.1) is 0 Å². The predicted octanol–water partition coefficient (Wildman–Crippen LogP) is 2.99. The van der Waals surface area contributed by atoms with Gasteiger partial charge in [-0.1, -0.05) is 17.7 Å². The molecule has 2 rings (SSSR count). The second-order valence-corrected chi connectivity index (χ2v) is 4.50. The molecule has 0 unspecified atom stereocenters. The highest BCUT2D eigenvalue weighted by Gasteiger charge is 2.19. The Hall–Kier alpha value is -2.91. The van der Waals surface area contributed by atoms with Gasteiger partial charge in [0.15, 0.2) is 0 Å². The Balaban J connectivity index is 2.68. The number of nitro benzene ring substituents is 1. The lowest BCUT2D eigenvalue weighted by Crippen LogP contribution is -2.04. The summed E-state index contributed by atoms with van der Waals surface area (Å²) in [5.74, 6) is 0. The van der Waals surface area contributed by atoms with Crippen LogP contribution in [0.25, 0.3) is 11.3 Å². The summed E-state index contributed by atoms with van der Waals surface area (Å²) in [4.78, 5) is 14.4. The van der Waals surface area contributed by atoms with Crippen LogP contribution < -0.4 is 5.73 Å². The van der Waals surface area contributed by atoms with E-state index in [1.807, 2.05) is 6.07 Å². The van der Waals surface area contributed by atoms with Crippen LogP contribution in [0.15, 0.2) is 42.7 Å². The number of hydrogen-bond donors (Lipinski definition) is 1. The minimum Gasteiger partial charge on any atom is -0.397 e. The van der Waals surface area contributed by atoms with Crippen molar-refractivity contribution in [1.82, 2.24) is 4.98 Å². The molecule has 0 radical (unpaired) electrons. The van der Waals surface area contributed by atoms with E-state index in [-0.39, 0.29) is 27.5 Å². The van der Waals surface area contributed by atoms with Crippen LogP contribution in [0.5, 0.6) is 0 Å². The van der Waals surface area contributed by atoms with Gasteiger partial charge in [0, 0.05) is 29.0 Å². The number of nitrogens with zero attached hydrogens (tertiary/aromatic N) is 3. The number of benzene rings is 1. The molecular formula is C14H9ClN4O2. The fourth-order valence-electron chi connectivity index (χ4n) is 1.81. The zero-order chi connectivity index (χ0) is 15.4. The number of nitro groups is 1. The highest BCUT2D eigenvalue weighted by Crippen LogP contribution is 2.30. The summed E-state index contributed by atoms with van der Waals surface area (Å²) in [6, 6.07) is 9.36. The normalized spacial score (nSPS) is 11.4. The van der Waals surface area contributed by atoms with Crippen LogP contribution in [0.1, 0.15) is 11.1 Å². The van der Waals surface area contributed by atoms with Crippen LogP contribution in [-0.4, -0.2) is 9.91 Å². The maximum absolute atomic E-state index is 11.1. The van der Waals surface area contributed by atoms with Gasteiger partial charge in [0.05, 0.1) is 21.8 Å². The van der Waals surface area contributed by atoms with Gasteiger partial charge in [0.1, 0.15) is 6.07 Å². The molecule has 0 aliphatic heterocycles. The number of nitriles is 1. The van der Waals surface area contributed by atoms with Gasteiger partial charge < -0.3 is 5.73 Å². The molecule has 0 amide bonds. The van der Waals surface area contributed by atoms with Crippen molar-refractivity contribution in [3.05, 3.63) is 69.0 Å². The number of pyridine rings is 1. The highest BCUT2D eigenvalue weighted by atomic mass is 35.5. The number of hydrogen-bond acceptors (Lipinski definition) is 5. The lowest BCUT2D eigenvalue weighted by molar-refractivity contribution is -0.385. The van der Waals surface area contributed by atoms with Crippen LogP contribution in [-0.2, 0) is 0 Å². The zero-order valence-electron chi connectivity index (χ0n) is 10.7. The maximum Gasteiger partial charge on any atom is 0.280 e. The summed E-state index contributed by atoms with van der Waals surface area (Å²) < 4.78 is 0. The smallest absolute Gasteiger partial charge is 0.280 e. The molecule has 1 heterocycles. The van der Waals surface area contributed by atoms with E-state index in [2.05, 4.69) is 4.98 Å². The molecule has 0 saturated heterocycles. The molecule has 1 aromatic heterocycles. The van der Waals surface area contributed by atoms with Gasteiger partial charge in [-0.05, 0) is 18.2 Å². The quantitative estimate of drug-likeness (QED) is 0.533. The Morgan fingerprint density at radius 1 is 1.43 bits per heavy atom. The van der Waals surface area contributed by atoms with Crippen LogP contribution in [0.4, 0.5) is 5.69 Å². The summed E-state index contributed by atoms with van der Waals surface area (Å²) in [6.45, 7) is 0. The minimum absolute atomic E-state index is 0.00821. The van der Waals surface area contributed by atoms with Crippen molar-refractivity contribution in [2.24, 2.45) is 5.73 Å². The van der Waals surface area contributed by atoms with Gasteiger partial charge in [-0.3, -0.25) is 15.1 Å². The molecule has 2 aromatic rings. The Morgan fingerprint density at radius 3 is 2.76 bits per heavy atom. The molecule has 0 spiro atoms. The monoisotopic (exact) mass is 300 g/mol. The summed E-state index contributed by atoms with van der Waals surface area (Å²) in [5, 5.41) is 20.6. The fourth-order valence-corrected chi connectivity index (χ4v) is 1.98. The first-order chi connectivity index (χ1) is 10.0. The number of allylic oxidation sites excluding steroid dienone is 1. The Labute approximate surface area is 125 Å². The molecule has 1 aromatic carbocycles. The number of halogens is 1. The fraction of sp³-hybridized carbons (Fsp3) is 0. The molecule has 0 fully saturated rings. The Morgan fingerprint density at radius 2 is 2.19 bits per heavy atom. The predicted molar refractivity (Wildman–Crippen MR) is 79.0 cm³/mol. The topological polar surface area (TPSA) is 106 Å². The Kier molecular flexibility index (Phi) is 4.16. The lowest BCUT2D eigenvalue weighted by Gasteiger charge is -2.07. The molecular weight excluding hydrogens is 292 g/mol. The van der Waals surface area contributed by atoms with E-state index in [1.165, 1.54) is 24.4 Å². The van der Waals surface area contributed by atoms with Crippen LogP contribution in [0.3, 0.4) is 0 Å². The average Bonchev–Trinajstić information content (AvgIpc) is 2.48. The molecule has 21 heavy (non-hydrogen) atoms. The Bertz CT molecular complexity index is 766. The molecule has 2 N–H and O–H groups in total. The third kappa shape index (κ3) is 2.99. The molecule has 7 heteroatoms. The van der Waals surface area contributed by atoms with E-state index in [4.69, 9.17) is 17.3 Å². The van der Waals surface area contributed by atoms with Gasteiger partial charge >= 0.3 is 0 Å². The average molecular weight is 301 g/mol. The van der Waals surface area contributed by atoms with Crippen molar-refractivity contribution in [1.29, 1.82) is 5.26 Å². The molecule has 0 aliphatic carbocycles. The standard InChI is InChI=1S/C14H9ClN4O2/c15-10-3-4-11(13(6-10)19(20)21)14(17)12(7-16)9-2-1-5-18-8-9/h1-6,8H,17H2/b14-12-. The molecule has 0 atom stereocenters. The van der Waals surface area contributed by atoms with E-state index in [1.54, 1.807) is 18.3 Å². The summed E-state index contributed by atoms with van der Waals surface area (Å²) in [6.07, 6.45) is 3.02. The van der Waals surface area contributed by atoms with Crippen molar-refractivity contribution in [3.8, 4) is 6.07 Å².